The number of carbonyl (C=O) groups excluding carboxylic acids is 1. The van der Waals surface area contributed by atoms with Crippen molar-refractivity contribution >= 4 is 5.97 Å². The van der Waals surface area contributed by atoms with Crippen LogP contribution >= 0.6 is 0 Å². The predicted molar refractivity (Wildman–Crippen MR) is 68.4 cm³/mol. The van der Waals surface area contributed by atoms with E-state index < -0.39 is 12.4 Å². The number of alkyl halides is 2. The summed E-state index contributed by atoms with van der Waals surface area (Å²) in [6, 6.07) is 7.31. The normalized spacial score (nSPS) is 10.6. The molecule has 0 spiro atoms. The first kappa shape index (κ1) is 14.0. The summed E-state index contributed by atoms with van der Waals surface area (Å²) in [5.41, 5.74) is 0.0723. The smallest absolute Gasteiger partial charge is 0.357 e. The Hall–Kier alpha value is -2.37. The maximum Gasteiger partial charge on any atom is 0.357 e. The Morgan fingerprint density at radius 3 is 2.75 bits per heavy atom. The van der Waals surface area contributed by atoms with Crippen LogP contribution in [-0.2, 0) is 4.74 Å². The fraction of sp³-hybridized carbons (Fsp3) is 0.214. The van der Waals surface area contributed by atoms with Crippen LogP contribution in [0.15, 0.2) is 36.5 Å². The minimum absolute atomic E-state index is 0.0425. The van der Waals surface area contributed by atoms with Gasteiger partial charge in [0.15, 0.2) is 11.5 Å². The third kappa shape index (κ3) is 2.96. The van der Waals surface area contributed by atoms with E-state index >= 15 is 0 Å². The van der Waals surface area contributed by atoms with Crippen LogP contribution in [0.3, 0.4) is 0 Å². The van der Waals surface area contributed by atoms with Gasteiger partial charge in [-0.15, -0.1) is 0 Å². The molecule has 6 heteroatoms. The lowest BCUT2D eigenvalue weighted by atomic mass is 10.1. The molecule has 1 aromatic heterocycles. The number of hydrogen-bond donors (Lipinski definition) is 0. The van der Waals surface area contributed by atoms with Crippen molar-refractivity contribution < 1.29 is 18.3 Å². The number of esters is 1. The summed E-state index contributed by atoms with van der Waals surface area (Å²) in [6.07, 6.45) is -1.29. The number of halogens is 2. The zero-order valence-corrected chi connectivity index (χ0v) is 10.7. The topological polar surface area (TPSA) is 52.1 Å². The molecule has 0 aliphatic heterocycles. The molecule has 0 bridgehead atoms. The molecule has 4 nitrogen and oxygen atoms in total. The predicted octanol–water partition coefficient (Wildman–Crippen LogP) is 3.26. The van der Waals surface area contributed by atoms with Gasteiger partial charge in [-0.1, -0.05) is 24.3 Å². The van der Waals surface area contributed by atoms with Gasteiger partial charge in [0.25, 0.3) is 6.43 Å². The Kier molecular flexibility index (Phi) is 4.34. The highest BCUT2D eigenvalue weighted by molar-refractivity contribution is 5.87. The largest absolute Gasteiger partial charge is 0.461 e. The van der Waals surface area contributed by atoms with E-state index in [2.05, 4.69) is 9.97 Å². The Morgan fingerprint density at radius 1 is 1.30 bits per heavy atom. The molecule has 0 unspecified atom stereocenters. The maximum absolute atomic E-state index is 12.9. The molecule has 2 rings (SSSR count). The first-order chi connectivity index (χ1) is 9.63. The monoisotopic (exact) mass is 278 g/mol. The minimum atomic E-state index is -2.64. The van der Waals surface area contributed by atoms with E-state index in [1.54, 1.807) is 13.0 Å². The lowest BCUT2D eigenvalue weighted by molar-refractivity contribution is 0.0519. The molecule has 1 aromatic carbocycles. The van der Waals surface area contributed by atoms with Crippen molar-refractivity contribution in [1.29, 1.82) is 0 Å². The average Bonchev–Trinajstić information content (AvgIpc) is 2.47. The van der Waals surface area contributed by atoms with Gasteiger partial charge in [0.2, 0.25) is 0 Å². The van der Waals surface area contributed by atoms with Crippen LogP contribution in [0.4, 0.5) is 8.78 Å². The van der Waals surface area contributed by atoms with Gasteiger partial charge in [0, 0.05) is 17.3 Å². The van der Waals surface area contributed by atoms with Crippen LogP contribution in [0.2, 0.25) is 0 Å². The van der Waals surface area contributed by atoms with Crippen LogP contribution in [-0.4, -0.2) is 22.5 Å². The van der Waals surface area contributed by atoms with Crippen molar-refractivity contribution in [2.24, 2.45) is 0 Å². The average molecular weight is 278 g/mol. The summed E-state index contributed by atoms with van der Waals surface area (Å²) < 4.78 is 30.7. The van der Waals surface area contributed by atoms with Crippen molar-refractivity contribution in [3.63, 3.8) is 0 Å². The van der Waals surface area contributed by atoms with Crippen LogP contribution in [0.5, 0.6) is 0 Å². The van der Waals surface area contributed by atoms with E-state index in [0.717, 1.165) is 0 Å². The first-order valence-corrected chi connectivity index (χ1v) is 6.01. The van der Waals surface area contributed by atoms with Crippen molar-refractivity contribution in [2.75, 3.05) is 6.61 Å². The third-order valence-corrected chi connectivity index (χ3v) is 2.58. The number of rotatable bonds is 4. The summed E-state index contributed by atoms with van der Waals surface area (Å²) in [4.78, 5) is 19.5. The van der Waals surface area contributed by atoms with Gasteiger partial charge in [-0.25, -0.2) is 23.5 Å². The van der Waals surface area contributed by atoms with E-state index in [1.165, 1.54) is 30.5 Å². The molecular formula is C14H12F2N2O2. The molecule has 20 heavy (non-hydrogen) atoms. The Balaban J connectivity index is 2.44. The molecule has 104 valence electrons. The van der Waals surface area contributed by atoms with E-state index in [1.807, 2.05) is 0 Å². The standard InChI is InChI=1S/C14H12F2N2O2/c1-2-20-14(19)11-7-8-17-13(18-11)10-6-4-3-5-9(10)12(15)16/h3-8,12H,2H2,1H3. The molecule has 0 saturated heterocycles. The van der Waals surface area contributed by atoms with Gasteiger partial charge < -0.3 is 4.74 Å². The molecule has 0 saturated carbocycles. The lowest BCUT2D eigenvalue weighted by Gasteiger charge is -2.08. The van der Waals surface area contributed by atoms with Crippen molar-refractivity contribution in [2.45, 2.75) is 13.3 Å². The van der Waals surface area contributed by atoms with Crippen molar-refractivity contribution in [3.05, 3.63) is 47.8 Å². The van der Waals surface area contributed by atoms with Crippen molar-refractivity contribution in [1.82, 2.24) is 9.97 Å². The molecule has 2 aromatic rings. The van der Waals surface area contributed by atoms with E-state index in [0.29, 0.717) is 0 Å². The van der Waals surface area contributed by atoms with Gasteiger partial charge in [0.05, 0.1) is 6.61 Å². The number of aromatic nitrogens is 2. The minimum Gasteiger partial charge on any atom is -0.461 e. The highest BCUT2D eigenvalue weighted by Gasteiger charge is 2.17. The van der Waals surface area contributed by atoms with E-state index in [4.69, 9.17) is 4.74 Å². The summed E-state index contributed by atoms with van der Waals surface area (Å²) in [5, 5.41) is 0. The van der Waals surface area contributed by atoms with Gasteiger partial charge in [-0.3, -0.25) is 0 Å². The van der Waals surface area contributed by atoms with Crippen LogP contribution in [0, 0.1) is 0 Å². The lowest BCUT2D eigenvalue weighted by Crippen LogP contribution is -2.08. The summed E-state index contributed by atoms with van der Waals surface area (Å²) in [6.45, 7) is 1.89. The molecular weight excluding hydrogens is 266 g/mol. The molecule has 0 aliphatic carbocycles. The van der Waals surface area contributed by atoms with Gasteiger partial charge in [-0.05, 0) is 13.0 Å². The van der Waals surface area contributed by atoms with Crippen LogP contribution in [0.1, 0.15) is 29.4 Å². The Labute approximate surface area is 114 Å². The number of ether oxygens (including phenoxy) is 1. The SMILES string of the molecule is CCOC(=O)c1ccnc(-c2ccccc2C(F)F)n1. The zero-order valence-electron chi connectivity index (χ0n) is 10.7. The van der Waals surface area contributed by atoms with Gasteiger partial charge in [-0.2, -0.15) is 0 Å². The first-order valence-electron chi connectivity index (χ1n) is 6.01. The van der Waals surface area contributed by atoms with Gasteiger partial charge >= 0.3 is 5.97 Å². The second-order valence-corrected chi connectivity index (χ2v) is 3.87. The number of nitrogens with zero attached hydrogens (tertiary/aromatic N) is 2. The molecule has 0 aliphatic rings. The second-order valence-electron chi connectivity index (χ2n) is 3.87. The maximum atomic E-state index is 12.9. The fourth-order valence-corrected chi connectivity index (χ4v) is 1.70. The fourth-order valence-electron chi connectivity index (χ4n) is 1.70. The second kappa shape index (κ2) is 6.18. The molecule has 0 amide bonds. The van der Waals surface area contributed by atoms with Crippen LogP contribution in [0.25, 0.3) is 11.4 Å². The summed E-state index contributed by atoms with van der Waals surface area (Å²) in [5.74, 6) is -0.530. The number of carbonyl (C=O) groups is 1. The summed E-state index contributed by atoms with van der Waals surface area (Å²) >= 11 is 0. The number of hydrogen-bond acceptors (Lipinski definition) is 4. The van der Waals surface area contributed by atoms with E-state index in [9.17, 15) is 13.6 Å². The summed E-state index contributed by atoms with van der Waals surface area (Å²) in [7, 11) is 0. The highest BCUT2D eigenvalue weighted by Crippen LogP contribution is 2.28. The van der Waals surface area contributed by atoms with Crippen molar-refractivity contribution in [3.8, 4) is 11.4 Å². The Morgan fingerprint density at radius 2 is 2.05 bits per heavy atom. The van der Waals surface area contributed by atoms with E-state index in [-0.39, 0.29) is 29.3 Å². The molecule has 0 N–H and O–H groups in total. The number of benzene rings is 1. The molecule has 0 fully saturated rings. The Bertz CT molecular complexity index is 618. The third-order valence-electron chi connectivity index (χ3n) is 2.58. The highest BCUT2D eigenvalue weighted by atomic mass is 19.3. The zero-order chi connectivity index (χ0) is 14.5. The quantitative estimate of drug-likeness (QED) is 0.805. The molecule has 0 atom stereocenters. The molecule has 0 radical (unpaired) electrons. The molecule has 1 heterocycles. The van der Waals surface area contributed by atoms with Crippen LogP contribution < -0.4 is 0 Å². The van der Waals surface area contributed by atoms with Gasteiger partial charge in [0.1, 0.15) is 0 Å².